The summed E-state index contributed by atoms with van der Waals surface area (Å²) in [6.45, 7) is 3.23. The van der Waals surface area contributed by atoms with Crippen LogP contribution in [0.5, 0.6) is 5.75 Å². The molecule has 1 aromatic carbocycles. The average molecular weight is 280 g/mol. The molecule has 0 bridgehead atoms. The maximum atomic E-state index is 13.3. The molecule has 5 heteroatoms. The third kappa shape index (κ3) is 4.49. The number of hydrogen-bond donors (Lipinski definition) is 2. The standard InChI is InChI=1S/C15H21FN2O2/c1-11-10-12(6-8-17-11)18-15(19)7-9-20-14-5-3-2-4-13(14)16/h2-5,11-12,17H,6-10H2,1H3,(H,18,19). The normalized spacial score (nSPS) is 22.3. The molecule has 0 aliphatic carbocycles. The SMILES string of the molecule is CC1CC(NC(=O)CCOc2ccccc2F)CCN1. The van der Waals surface area contributed by atoms with E-state index in [1.807, 2.05) is 0 Å². The molecule has 2 rings (SSSR count). The van der Waals surface area contributed by atoms with Crippen LogP contribution in [0.3, 0.4) is 0 Å². The van der Waals surface area contributed by atoms with Gasteiger partial charge in [0, 0.05) is 12.1 Å². The van der Waals surface area contributed by atoms with E-state index in [4.69, 9.17) is 4.74 Å². The second-order valence-corrected chi connectivity index (χ2v) is 5.17. The highest BCUT2D eigenvalue weighted by Gasteiger charge is 2.19. The first-order valence-corrected chi connectivity index (χ1v) is 7.05. The lowest BCUT2D eigenvalue weighted by atomic mass is 10.0. The molecule has 1 aromatic rings. The summed E-state index contributed by atoms with van der Waals surface area (Å²) in [6.07, 6.45) is 2.14. The van der Waals surface area contributed by atoms with Gasteiger partial charge in [0.15, 0.2) is 11.6 Å². The van der Waals surface area contributed by atoms with Gasteiger partial charge >= 0.3 is 0 Å². The molecule has 1 heterocycles. The number of carbonyl (C=O) groups excluding carboxylic acids is 1. The summed E-state index contributed by atoms with van der Waals surface area (Å²) >= 11 is 0. The fourth-order valence-electron chi connectivity index (χ4n) is 2.38. The van der Waals surface area contributed by atoms with Crippen LogP contribution in [-0.2, 0) is 4.79 Å². The number of hydrogen-bond acceptors (Lipinski definition) is 3. The molecule has 0 spiro atoms. The molecule has 1 saturated heterocycles. The monoisotopic (exact) mass is 280 g/mol. The van der Waals surface area contributed by atoms with E-state index in [0.29, 0.717) is 6.04 Å². The number of carbonyl (C=O) groups is 1. The highest BCUT2D eigenvalue weighted by Crippen LogP contribution is 2.15. The molecular formula is C15H21FN2O2. The molecule has 1 amide bonds. The zero-order chi connectivity index (χ0) is 14.4. The highest BCUT2D eigenvalue weighted by molar-refractivity contribution is 5.76. The van der Waals surface area contributed by atoms with Gasteiger partial charge in [-0.1, -0.05) is 12.1 Å². The largest absolute Gasteiger partial charge is 0.490 e. The third-order valence-corrected chi connectivity index (χ3v) is 3.41. The molecule has 2 N–H and O–H groups in total. The molecule has 0 aromatic heterocycles. The van der Waals surface area contributed by atoms with Crippen LogP contribution in [0.1, 0.15) is 26.2 Å². The van der Waals surface area contributed by atoms with Crippen LogP contribution in [0, 0.1) is 5.82 Å². The Morgan fingerprint density at radius 1 is 1.50 bits per heavy atom. The summed E-state index contributed by atoms with van der Waals surface area (Å²) in [7, 11) is 0. The van der Waals surface area contributed by atoms with Gasteiger partial charge in [-0.15, -0.1) is 0 Å². The molecule has 2 atom stereocenters. The number of amides is 1. The second-order valence-electron chi connectivity index (χ2n) is 5.17. The molecule has 1 aliphatic heterocycles. The van der Waals surface area contributed by atoms with Gasteiger partial charge in [-0.3, -0.25) is 4.79 Å². The van der Waals surface area contributed by atoms with Crippen LogP contribution in [0.25, 0.3) is 0 Å². The molecule has 110 valence electrons. The van der Waals surface area contributed by atoms with Crippen molar-refractivity contribution in [3.05, 3.63) is 30.1 Å². The summed E-state index contributed by atoms with van der Waals surface area (Å²) < 4.78 is 18.6. The fraction of sp³-hybridized carbons (Fsp3) is 0.533. The quantitative estimate of drug-likeness (QED) is 0.865. The Morgan fingerprint density at radius 2 is 2.30 bits per heavy atom. The lowest BCUT2D eigenvalue weighted by molar-refractivity contribution is -0.122. The van der Waals surface area contributed by atoms with Crippen LogP contribution in [0.4, 0.5) is 4.39 Å². The van der Waals surface area contributed by atoms with Gasteiger partial charge in [-0.25, -0.2) is 4.39 Å². The Labute approximate surface area is 118 Å². The van der Waals surface area contributed by atoms with Gasteiger partial charge in [0.25, 0.3) is 0 Å². The number of halogens is 1. The Kier molecular flexibility index (Phi) is 5.35. The van der Waals surface area contributed by atoms with Crippen molar-refractivity contribution in [3.8, 4) is 5.75 Å². The van der Waals surface area contributed by atoms with Gasteiger partial charge < -0.3 is 15.4 Å². The second kappa shape index (κ2) is 7.24. The number of rotatable bonds is 5. The van der Waals surface area contributed by atoms with Crippen molar-refractivity contribution in [2.24, 2.45) is 0 Å². The molecule has 0 radical (unpaired) electrons. The van der Waals surface area contributed by atoms with Crippen molar-refractivity contribution in [3.63, 3.8) is 0 Å². The van der Waals surface area contributed by atoms with Gasteiger partial charge in [0.05, 0.1) is 13.0 Å². The number of ether oxygens (including phenoxy) is 1. The Hall–Kier alpha value is -1.62. The summed E-state index contributed by atoms with van der Waals surface area (Å²) in [5.41, 5.74) is 0. The minimum absolute atomic E-state index is 0.0413. The summed E-state index contributed by atoms with van der Waals surface area (Å²) in [4.78, 5) is 11.8. The van der Waals surface area contributed by atoms with Crippen molar-refractivity contribution in [1.82, 2.24) is 10.6 Å². The third-order valence-electron chi connectivity index (χ3n) is 3.41. The van der Waals surface area contributed by atoms with E-state index < -0.39 is 5.82 Å². The zero-order valence-corrected chi connectivity index (χ0v) is 11.7. The van der Waals surface area contributed by atoms with Gasteiger partial charge in [0.1, 0.15) is 0 Å². The predicted octanol–water partition coefficient (Wildman–Crippen LogP) is 1.85. The predicted molar refractivity (Wildman–Crippen MR) is 75.1 cm³/mol. The van der Waals surface area contributed by atoms with Crippen molar-refractivity contribution < 1.29 is 13.9 Å². The molecule has 20 heavy (non-hydrogen) atoms. The maximum Gasteiger partial charge on any atom is 0.223 e. The van der Waals surface area contributed by atoms with Crippen LogP contribution in [0.2, 0.25) is 0 Å². The van der Waals surface area contributed by atoms with E-state index in [9.17, 15) is 9.18 Å². The maximum absolute atomic E-state index is 13.3. The van der Waals surface area contributed by atoms with Crippen molar-refractivity contribution in [2.75, 3.05) is 13.2 Å². The number of para-hydroxylation sites is 1. The van der Waals surface area contributed by atoms with Gasteiger partial charge in [-0.05, 0) is 38.4 Å². The van der Waals surface area contributed by atoms with Crippen LogP contribution in [0.15, 0.2) is 24.3 Å². The van der Waals surface area contributed by atoms with E-state index in [2.05, 4.69) is 17.6 Å². The first kappa shape index (κ1) is 14.8. The van der Waals surface area contributed by atoms with Crippen LogP contribution < -0.4 is 15.4 Å². The average Bonchev–Trinajstić information content (AvgIpc) is 2.41. The van der Waals surface area contributed by atoms with Crippen molar-refractivity contribution >= 4 is 5.91 Å². The Bertz CT molecular complexity index is 453. The summed E-state index contributed by atoms with van der Waals surface area (Å²) in [5.74, 6) is -0.253. The first-order valence-electron chi connectivity index (χ1n) is 7.05. The lowest BCUT2D eigenvalue weighted by Gasteiger charge is -2.28. The molecular weight excluding hydrogens is 259 g/mol. The van der Waals surface area contributed by atoms with Crippen LogP contribution >= 0.6 is 0 Å². The molecule has 1 aliphatic rings. The summed E-state index contributed by atoms with van der Waals surface area (Å²) in [6, 6.07) is 6.87. The van der Waals surface area contributed by atoms with Gasteiger partial charge in [0.2, 0.25) is 5.91 Å². The van der Waals surface area contributed by atoms with E-state index in [-0.39, 0.29) is 30.7 Å². The molecule has 4 nitrogen and oxygen atoms in total. The lowest BCUT2D eigenvalue weighted by Crippen LogP contribution is -2.46. The Morgan fingerprint density at radius 3 is 3.05 bits per heavy atom. The molecule has 2 unspecified atom stereocenters. The van der Waals surface area contributed by atoms with Gasteiger partial charge in [-0.2, -0.15) is 0 Å². The van der Waals surface area contributed by atoms with Crippen LogP contribution in [-0.4, -0.2) is 31.1 Å². The number of benzene rings is 1. The van der Waals surface area contributed by atoms with E-state index in [1.165, 1.54) is 6.07 Å². The Balaban J connectivity index is 1.69. The summed E-state index contributed by atoms with van der Waals surface area (Å²) in [5, 5.41) is 6.34. The fourth-order valence-corrected chi connectivity index (χ4v) is 2.38. The van der Waals surface area contributed by atoms with E-state index in [0.717, 1.165) is 19.4 Å². The van der Waals surface area contributed by atoms with Crippen molar-refractivity contribution in [1.29, 1.82) is 0 Å². The first-order chi connectivity index (χ1) is 9.65. The number of piperidine rings is 1. The molecule has 0 saturated carbocycles. The molecule has 1 fully saturated rings. The zero-order valence-electron chi connectivity index (χ0n) is 11.7. The minimum Gasteiger partial charge on any atom is -0.490 e. The smallest absolute Gasteiger partial charge is 0.223 e. The van der Waals surface area contributed by atoms with E-state index in [1.54, 1.807) is 18.2 Å². The number of nitrogens with one attached hydrogen (secondary N) is 2. The minimum atomic E-state index is -0.403. The van der Waals surface area contributed by atoms with Crippen molar-refractivity contribution in [2.45, 2.75) is 38.3 Å². The topological polar surface area (TPSA) is 50.4 Å². The highest BCUT2D eigenvalue weighted by atomic mass is 19.1. The van der Waals surface area contributed by atoms with E-state index >= 15 is 0 Å².